The Balaban J connectivity index is 1.91. The molecule has 2 heterocycles. The second kappa shape index (κ2) is 7.36. The SMILES string of the molecule is CCCNc1ccc(C(=O)NC2CCN(C)CC2C)nn1. The van der Waals surface area contributed by atoms with E-state index in [1.807, 2.05) is 0 Å². The third-order valence-electron chi connectivity index (χ3n) is 3.88. The fourth-order valence-electron chi connectivity index (χ4n) is 2.61. The summed E-state index contributed by atoms with van der Waals surface area (Å²) in [6.45, 7) is 7.14. The third-order valence-corrected chi connectivity index (χ3v) is 3.88. The van der Waals surface area contributed by atoms with Gasteiger partial charge in [-0.1, -0.05) is 13.8 Å². The van der Waals surface area contributed by atoms with Crippen LogP contribution < -0.4 is 10.6 Å². The zero-order valence-corrected chi connectivity index (χ0v) is 13.1. The van der Waals surface area contributed by atoms with Gasteiger partial charge in [0, 0.05) is 19.1 Å². The molecule has 1 fully saturated rings. The Morgan fingerprint density at radius 1 is 1.43 bits per heavy atom. The van der Waals surface area contributed by atoms with E-state index in [1.165, 1.54) is 0 Å². The molecule has 21 heavy (non-hydrogen) atoms. The van der Waals surface area contributed by atoms with E-state index in [2.05, 4.69) is 46.6 Å². The molecular weight excluding hydrogens is 266 g/mol. The standard InChI is InChI=1S/C15H25N5O/c1-4-8-16-14-6-5-13(18-19-14)15(21)17-12-7-9-20(3)10-11(12)2/h5-6,11-12H,4,7-10H2,1-3H3,(H,16,19)(H,17,21). The summed E-state index contributed by atoms with van der Waals surface area (Å²) < 4.78 is 0. The van der Waals surface area contributed by atoms with Gasteiger partial charge in [0.2, 0.25) is 0 Å². The van der Waals surface area contributed by atoms with Gasteiger partial charge in [-0.05, 0) is 44.5 Å². The first-order chi connectivity index (χ1) is 10.1. The number of carbonyl (C=O) groups is 1. The summed E-state index contributed by atoms with van der Waals surface area (Å²) >= 11 is 0. The van der Waals surface area contributed by atoms with E-state index in [0.29, 0.717) is 17.4 Å². The van der Waals surface area contributed by atoms with Gasteiger partial charge in [-0.25, -0.2) is 0 Å². The fraction of sp³-hybridized carbons (Fsp3) is 0.667. The molecule has 1 aliphatic heterocycles. The Morgan fingerprint density at radius 3 is 2.86 bits per heavy atom. The number of piperidine rings is 1. The molecule has 116 valence electrons. The fourth-order valence-corrected chi connectivity index (χ4v) is 2.61. The number of amides is 1. The molecule has 0 aliphatic carbocycles. The predicted octanol–water partition coefficient (Wildman–Crippen LogP) is 1.37. The van der Waals surface area contributed by atoms with E-state index in [1.54, 1.807) is 12.1 Å². The number of nitrogens with zero attached hydrogens (tertiary/aromatic N) is 3. The topological polar surface area (TPSA) is 70.2 Å². The van der Waals surface area contributed by atoms with Crippen molar-refractivity contribution in [1.29, 1.82) is 0 Å². The van der Waals surface area contributed by atoms with E-state index in [-0.39, 0.29) is 11.9 Å². The van der Waals surface area contributed by atoms with Crippen molar-refractivity contribution in [3.63, 3.8) is 0 Å². The van der Waals surface area contributed by atoms with Crippen LogP contribution in [0.5, 0.6) is 0 Å². The van der Waals surface area contributed by atoms with Crippen LogP contribution in [0.3, 0.4) is 0 Å². The largest absolute Gasteiger partial charge is 0.369 e. The lowest BCUT2D eigenvalue weighted by molar-refractivity contribution is 0.0878. The van der Waals surface area contributed by atoms with E-state index in [0.717, 1.165) is 32.5 Å². The van der Waals surface area contributed by atoms with Crippen LogP contribution >= 0.6 is 0 Å². The normalized spacial score (nSPS) is 22.8. The van der Waals surface area contributed by atoms with Crippen LogP contribution in [0.1, 0.15) is 37.2 Å². The second-order valence-corrected chi connectivity index (χ2v) is 5.84. The van der Waals surface area contributed by atoms with Crippen LogP contribution in [0.25, 0.3) is 0 Å². The quantitative estimate of drug-likeness (QED) is 0.857. The van der Waals surface area contributed by atoms with Gasteiger partial charge in [-0.2, -0.15) is 0 Å². The van der Waals surface area contributed by atoms with Crippen molar-refractivity contribution in [2.75, 3.05) is 32.0 Å². The summed E-state index contributed by atoms with van der Waals surface area (Å²) in [6, 6.07) is 3.74. The van der Waals surface area contributed by atoms with Crippen LogP contribution in [0.2, 0.25) is 0 Å². The number of nitrogens with one attached hydrogen (secondary N) is 2. The maximum Gasteiger partial charge on any atom is 0.272 e. The van der Waals surface area contributed by atoms with Crippen molar-refractivity contribution >= 4 is 11.7 Å². The minimum atomic E-state index is -0.133. The lowest BCUT2D eigenvalue weighted by Crippen LogP contribution is -2.49. The lowest BCUT2D eigenvalue weighted by Gasteiger charge is -2.35. The number of carbonyl (C=O) groups excluding carboxylic acids is 1. The van der Waals surface area contributed by atoms with Gasteiger partial charge < -0.3 is 15.5 Å². The minimum absolute atomic E-state index is 0.133. The van der Waals surface area contributed by atoms with Gasteiger partial charge in [0.1, 0.15) is 5.82 Å². The van der Waals surface area contributed by atoms with Gasteiger partial charge in [0.25, 0.3) is 5.91 Å². The number of rotatable bonds is 5. The molecule has 0 saturated carbocycles. The van der Waals surface area contributed by atoms with E-state index in [4.69, 9.17) is 0 Å². The average Bonchev–Trinajstić information content (AvgIpc) is 2.48. The summed E-state index contributed by atoms with van der Waals surface area (Å²) in [4.78, 5) is 14.5. The molecule has 1 aromatic heterocycles. The molecule has 0 radical (unpaired) electrons. The summed E-state index contributed by atoms with van der Waals surface area (Å²) in [5.74, 6) is 1.03. The molecule has 1 aromatic rings. The van der Waals surface area contributed by atoms with E-state index >= 15 is 0 Å². The highest BCUT2D eigenvalue weighted by Crippen LogP contribution is 2.15. The van der Waals surface area contributed by atoms with Crippen LogP contribution in [0, 0.1) is 5.92 Å². The second-order valence-electron chi connectivity index (χ2n) is 5.84. The first-order valence-corrected chi connectivity index (χ1v) is 7.67. The van der Waals surface area contributed by atoms with Crippen molar-refractivity contribution in [1.82, 2.24) is 20.4 Å². The maximum absolute atomic E-state index is 12.2. The molecule has 2 N–H and O–H groups in total. The predicted molar refractivity (Wildman–Crippen MR) is 83.3 cm³/mol. The number of hydrogen-bond donors (Lipinski definition) is 2. The molecule has 2 rings (SSSR count). The molecule has 1 aliphatic rings. The Morgan fingerprint density at radius 2 is 2.24 bits per heavy atom. The van der Waals surface area contributed by atoms with Crippen molar-refractivity contribution in [2.24, 2.45) is 5.92 Å². The maximum atomic E-state index is 12.2. The Kier molecular flexibility index (Phi) is 5.50. The van der Waals surface area contributed by atoms with Gasteiger partial charge >= 0.3 is 0 Å². The van der Waals surface area contributed by atoms with Gasteiger partial charge in [-0.15, -0.1) is 10.2 Å². The molecule has 0 aromatic carbocycles. The highest BCUT2D eigenvalue weighted by molar-refractivity contribution is 5.92. The first-order valence-electron chi connectivity index (χ1n) is 7.67. The average molecular weight is 291 g/mol. The molecule has 0 spiro atoms. The molecule has 1 saturated heterocycles. The Labute approximate surface area is 126 Å². The van der Waals surface area contributed by atoms with Crippen molar-refractivity contribution in [2.45, 2.75) is 32.7 Å². The van der Waals surface area contributed by atoms with Crippen LogP contribution in [0.15, 0.2) is 12.1 Å². The third kappa shape index (κ3) is 4.39. The Bertz CT molecular complexity index is 462. The Hall–Kier alpha value is -1.69. The lowest BCUT2D eigenvalue weighted by atomic mass is 9.94. The number of anilines is 1. The van der Waals surface area contributed by atoms with Crippen molar-refractivity contribution < 1.29 is 4.79 Å². The molecule has 6 nitrogen and oxygen atoms in total. The number of aromatic nitrogens is 2. The zero-order valence-electron chi connectivity index (χ0n) is 13.1. The number of hydrogen-bond acceptors (Lipinski definition) is 5. The van der Waals surface area contributed by atoms with Crippen LogP contribution in [-0.4, -0.2) is 53.7 Å². The molecule has 6 heteroatoms. The number of likely N-dealkylation sites (tertiary alicyclic amines) is 1. The molecule has 2 unspecified atom stereocenters. The zero-order chi connectivity index (χ0) is 15.2. The van der Waals surface area contributed by atoms with Gasteiger partial charge in [-0.3, -0.25) is 4.79 Å². The highest BCUT2D eigenvalue weighted by atomic mass is 16.2. The molecule has 0 bridgehead atoms. The van der Waals surface area contributed by atoms with Crippen LogP contribution in [0.4, 0.5) is 5.82 Å². The summed E-state index contributed by atoms with van der Waals surface area (Å²) in [7, 11) is 2.11. The van der Waals surface area contributed by atoms with Gasteiger partial charge in [0.15, 0.2) is 5.69 Å². The first kappa shape index (κ1) is 15.7. The molecule has 2 atom stereocenters. The molecule has 1 amide bonds. The van der Waals surface area contributed by atoms with E-state index in [9.17, 15) is 4.79 Å². The summed E-state index contributed by atoms with van der Waals surface area (Å²) in [5.41, 5.74) is 0.378. The highest BCUT2D eigenvalue weighted by Gasteiger charge is 2.26. The monoisotopic (exact) mass is 291 g/mol. The van der Waals surface area contributed by atoms with Crippen LogP contribution in [-0.2, 0) is 0 Å². The smallest absolute Gasteiger partial charge is 0.272 e. The molecular formula is C15H25N5O. The minimum Gasteiger partial charge on any atom is -0.369 e. The van der Waals surface area contributed by atoms with E-state index < -0.39 is 0 Å². The summed E-state index contributed by atoms with van der Waals surface area (Å²) in [5, 5.41) is 14.3. The van der Waals surface area contributed by atoms with Crippen molar-refractivity contribution in [3.8, 4) is 0 Å². The van der Waals surface area contributed by atoms with Gasteiger partial charge in [0.05, 0.1) is 0 Å². The summed E-state index contributed by atoms with van der Waals surface area (Å²) in [6.07, 6.45) is 2.00. The van der Waals surface area contributed by atoms with Crippen molar-refractivity contribution in [3.05, 3.63) is 17.8 Å².